The van der Waals surface area contributed by atoms with E-state index in [0.29, 0.717) is 0 Å². The summed E-state index contributed by atoms with van der Waals surface area (Å²) in [6, 6.07) is 56.2. The van der Waals surface area contributed by atoms with Gasteiger partial charge in [0.1, 0.15) is 22.3 Å². The SMILES string of the molecule is CCc1cccc2oc3c4ccccc4c(N(c4ccc(-c5ccccc5)cc4)c4ccc5c(c4)oc4c6ccccc6ccc54)cc3c12. The Morgan fingerprint density at radius 3 is 1.94 bits per heavy atom. The van der Waals surface area contributed by atoms with Gasteiger partial charge in [0.25, 0.3) is 0 Å². The molecule has 0 aliphatic carbocycles. The Labute approximate surface area is 283 Å². The van der Waals surface area contributed by atoms with Crippen LogP contribution in [0.25, 0.3) is 76.5 Å². The molecule has 0 fully saturated rings. The van der Waals surface area contributed by atoms with Crippen molar-refractivity contribution in [1.29, 1.82) is 0 Å². The first kappa shape index (κ1) is 27.8. The van der Waals surface area contributed by atoms with E-state index in [-0.39, 0.29) is 0 Å². The zero-order valence-corrected chi connectivity index (χ0v) is 27.0. The van der Waals surface area contributed by atoms with Crippen LogP contribution in [-0.2, 0) is 6.42 Å². The molecule has 0 amide bonds. The van der Waals surface area contributed by atoms with Crippen molar-refractivity contribution in [2.75, 3.05) is 4.90 Å². The molecule has 0 N–H and O–H groups in total. The van der Waals surface area contributed by atoms with Crippen LogP contribution < -0.4 is 4.90 Å². The number of nitrogens with zero attached hydrogens (tertiary/aromatic N) is 1. The van der Waals surface area contributed by atoms with Gasteiger partial charge in [-0.05, 0) is 71.0 Å². The predicted octanol–water partition coefficient (Wildman–Crippen LogP) is 13.5. The maximum Gasteiger partial charge on any atom is 0.143 e. The number of aryl methyl sites for hydroxylation is 1. The summed E-state index contributed by atoms with van der Waals surface area (Å²) in [6.45, 7) is 2.21. The summed E-state index contributed by atoms with van der Waals surface area (Å²) in [5.74, 6) is 0. The largest absolute Gasteiger partial charge is 0.455 e. The molecule has 232 valence electrons. The molecule has 0 saturated heterocycles. The zero-order valence-electron chi connectivity index (χ0n) is 27.0. The highest BCUT2D eigenvalue weighted by atomic mass is 16.3. The molecule has 0 aliphatic rings. The number of hydrogen-bond donors (Lipinski definition) is 0. The van der Waals surface area contributed by atoms with Crippen LogP contribution in [0, 0.1) is 0 Å². The fraction of sp³-hybridized carbons (Fsp3) is 0.0435. The molecule has 0 unspecified atom stereocenters. The van der Waals surface area contributed by atoms with Gasteiger partial charge in [0.2, 0.25) is 0 Å². The van der Waals surface area contributed by atoms with Gasteiger partial charge in [0, 0.05) is 55.1 Å². The molecule has 2 heterocycles. The molecule has 3 heteroatoms. The summed E-state index contributed by atoms with van der Waals surface area (Å²) in [7, 11) is 0. The summed E-state index contributed by atoms with van der Waals surface area (Å²) in [5, 5.41) is 9.06. The topological polar surface area (TPSA) is 29.5 Å². The van der Waals surface area contributed by atoms with Gasteiger partial charge >= 0.3 is 0 Å². The van der Waals surface area contributed by atoms with E-state index in [1.54, 1.807) is 0 Å². The van der Waals surface area contributed by atoms with Crippen LogP contribution in [0.15, 0.2) is 167 Å². The molecule has 0 radical (unpaired) electrons. The third-order valence-corrected chi connectivity index (χ3v) is 10.0. The van der Waals surface area contributed by atoms with E-state index in [0.717, 1.165) is 78.1 Å². The molecule has 3 nitrogen and oxygen atoms in total. The number of furan rings is 2. The van der Waals surface area contributed by atoms with Gasteiger partial charge in [-0.25, -0.2) is 0 Å². The van der Waals surface area contributed by atoms with Crippen LogP contribution in [-0.4, -0.2) is 0 Å². The van der Waals surface area contributed by atoms with Crippen LogP contribution in [0.2, 0.25) is 0 Å². The number of rotatable bonds is 5. The fourth-order valence-corrected chi connectivity index (χ4v) is 7.68. The lowest BCUT2D eigenvalue weighted by Gasteiger charge is -2.27. The Morgan fingerprint density at radius 1 is 0.449 bits per heavy atom. The van der Waals surface area contributed by atoms with Gasteiger partial charge < -0.3 is 13.7 Å². The minimum absolute atomic E-state index is 0.863. The van der Waals surface area contributed by atoms with Crippen molar-refractivity contribution >= 4 is 82.5 Å². The maximum atomic E-state index is 6.70. The van der Waals surface area contributed by atoms with Crippen LogP contribution in [0.5, 0.6) is 0 Å². The minimum Gasteiger partial charge on any atom is -0.455 e. The van der Waals surface area contributed by atoms with E-state index in [4.69, 9.17) is 8.83 Å². The zero-order chi connectivity index (χ0) is 32.5. The maximum absolute atomic E-state index is 6.70. The van der Waals surface area contributed by atoms with E-state index in [9.17, 15) is 0 Å². The van der Waals surface area contributed by atoms with Gasteiger partial charge in [-0.3, -0.25) is 0 Å². The number of hydrogen-bond acceptors (Lipinski definition) is 3. The van der Waals surface area contributed by atoms with E-state index < -0.39 is 0 Å². The summed E-state index contributed by atoms with van der Waals surface area (Å²) < 4.78 is 13.3. The van der Waals surface area contributed by atoms with Crippen LogP contribution >= 0.6 is 0 Å². The van der Waals surface area contributed by atoms with Gasteiger partial charge in [-0.1, -0.05) is 116 Å². The quantitative estimate of drug-likeness (QED) is 0.190. The second-order valence-corrected chi connectivity index (χ2v) is 12.8. The van der Waals surface area contributed by atoms with Crippen molar-refractivity contribution in [2.24, 2.45) is 0 Å². The van der Waals surface area contributed by atoms with Gasteiger partial charge in [-0.2, -0.15) is 0 Å². The second kappa shape index (κ2) is 10.9. The summed E-state index contributed by atoms with van der Waals surface area (Å²) >= 11 is 0. The Kier molecular flexibility index (Phi) is 6.16. The first-order chi connectivity index (χ1) is 24.2. The van der Waals surface area contributed by atoms with Gasteiger partial charge in [0.05, 0.1) is 5.69 Å². The molecule has 8 aromatic carbocycles. The molecule has 0 atom stereocenters. The molecule has 49 heavy (non-hydrogen) atoms. The Hall–Kier alpha value is -6.32. The molecular weight excluding hydrogens is 599 g/mol. The van der Waals surface area contributed by atoms with Crippen molar-refractivity contribution in [3.8, 4) is 11.1 Å². The average molecular weight is 630 g/mol. The summed E-state index contributed by atoms with van der Waals surface area (Å²) in [4.78, 5) is 2.37. The van der Waals surface area contributed by atoms with Crippen molar-refractivity contribution in [3.05, 3.63) is 163 Å². The van der Waals surface area contributed by atoms with E-state index >= 15 is 0 Å². The number of fused-ring (bicyclic) bond motifs is 10. The van der Waals surface area contributed by atoms with E-state index in [2.05, 4.69) is 170 Å². The summed E-state index contributed by atoms with van der Waals surface area (Å²) in [5.41, 5.74) is 10.5. The molecule has 10 aromatic rings. The lowest BCUT2D eigenvalue weighted by atomic mass is 9.99. The molecule has 0 bridgehead atoms. The van der Waals surface area contributed by atoms with E-state index in [1.807, 2.05) is 0 Å². The number of anilines is 3. The lowest BCUT2D eigenvalue weighted by molar-refractivity contribution is 0.672. The smallest absolute Gasteiger partial charge is 0.143 e. The van der Waals surface area contributed by atoms with Crippen LogP contribution in [0.4, 0.5) is 17.1 Å². The third-order valence-electron chi connectivity index (χ3n) is 10.0. The fourth-order valence-electron chi connectivity index (χ4n) is 7.68. The van der Waals surface area contributed by atoms with Crippen LogP contribution in [0.3, 0.4) is 0 Å². The highest BCUT2D eigenvalue weighted by Gasteiger charge is 2.22. The molecular formula is C46H31NO2. The molecule has 10 rings (SSSR count). The molecule has 0 aliphatic heterocycles. The average Bonchev–Trinajstić information content (AvgIpc) is 3.74. The Morgan fingerprint density at radius 2 is 1.10 bits per heavy atom. The van der Waals surface area contributed by atoms with E-state index in [1.165, 1.54) is 27.5 Å². The highest BCUT2D eigenvalue weighted by Crippen LogP contribution is 2.46. The second-order valence-electron chi connectivity index (χ2n) is 12.8. The Bertz CT molecular complexity index is 2860. The van der Waals surface area contributed by atoms with Crippen molar-refractivity contribution in [2.45, 2.75) is 13.3 Å². The van der Waals surface area contributed by atoms with Crippen LogP contribution in [0.1, 0.15) is 12.5 Å². The van der Waals surface area contributed by atoms with Crippen molar-refractivity contribution in [3.63, 3.8) is 0 Å². The normalized spacial score (nSPS) is 11.9. The molecule has 0 spiro atoms. The number of benzene rings is 8. The Balaban J connectivity index is 1.25. The third kappa shape index (κ3) is 4.29. The monoisotopic (exact) mass is 629 g/mol. The van der Waals surface area contributed by atoms with Crippen molar-refractivity contribution < 1.29 is 8.83 Å². The summed E-state index contributed by atoms with van der Waals surface area (Å²) in [6.07, 6.45) is 0.927. The van der Waals surface area contributed by atoms with Gasteiger partial charge in [0.15, 0.2) is 0 Å². The minimum atomic E-state index is 0.863. The lowest BCUT2D eigenvalue weighted by Crippen LogP contribution is -2.10. The molecule has 0 saturated carbocycles. The predicted molar refractivity (Wildman–Crippen MR) is 206 cm³/mol. The first-order valence-corrected chi connectivity index (χ1v) is 16.9. The first-order valence-electron chi connectivity index (χ1n) is 16.9. The van der Waals surface area contributed by atoms with Crippen molar-refractivity contribution in [1.82, 2.24) is 0 Å². The van der Waals surface area contributed by atoms with Gasteiger partial charge in [-0.15, -0.1) is 0 Å². The highest BCUT2D eigenvalue weighted by molar-refractivity contribution is 6.21. The standard InChI is InChI=1S/C46H31NO2/c1-2-29-14-10-18-42-44(29)40-28-41(36-16-8-9-17-38(36)46(40)48-42)47(33-22-19-31(20-23-33)30-11-4-3-5-12-30)34-24-26-37-39-25-21-32-13-6-7-15-35(32)45(39)49-43(37)27-34/h3-28H,2H2,1H3. The molecule has 2 aromatic heterocycles.